The van der Waals surface area contributed by atoms with Gasteiger partial charge in [0.05, 0.1) is 18.1 Å². The highest BCUT2D eigenvalue weighted by Gasteiger charge is 2.31. The van der Waals surface area contributed by atoms with Gasteiger partial charge in [0.1, 0.15) is 11.6 Å². The van der Waals surface area contributed by atoms with Crippen LogP contribution in [0.15, 0.2) is 36.5 Å². The van der Waals surface area contributed by atoms with Crippen LogP contribution in [0.5, 0.6) is 0 Å². The van der Waals surface area contributed by atoms with Gasteiger partial charge in [0, 0.05) is 42.0 Å². The van der Waals surface area contributed by atoms with Crippen LogP contribution in [-0.4, -0.2) is 51.8 Å². The molecule has 1 aromatic carbocycles. The lowest BCUT2D eigenvalue weighted by molar-refractivity contribution is -0.119. The number of anilines is 2. The molecule has 2 amide bonds. The molecule has 4 heterocycles. The van der Waals surface area contributed by atoms with Crippen molar-refractivity contribution in [2.45, 2.75) is 45.1 Å². The third-order valence-corrected chi connectivity index (χ3v) is 6.64. The molecule has 1 atom stereocenters. The number of benzene rings is 1. The third kappa shape index (κ3) is 4.30. The molecule has 170 valence electrons. The van der Waals surface area contributed by atoms with E-state index in [0.717, 1.165) is 53.7 Å². The predicted molar refractivity (Wildman–Crippen MR) is 127 cm³/mol. The molecule has 0 bridgehead atoms. The minimum Gasteiger partial charge on any atom is -0.325 e. The second kappa shape index (κ2) is 8.86. The summed E-state index contributed by atoms with van der Waals surface area (Å²) in [6.45, 7) is 3.07. The highest BCUT2D eigenvalue weighted by molar-refractivity contribution is 5.95. The van der Waals surface area contributed by atoms with Crippen LogP contribution in [0.2, 0.25) is 0 Å². The van der Waals surface area contributed by atoms with Crippen LogP contribution in [-0.2, 0) is 16.0 Å². The van der Waals surface area contributed by atoms with Crippen LogP contribution < -0.4 is 10.2 Å². The Balaban J connectivity index is 1.35. The van der Waals surface area contributed by atoms with E-state index in [1.165, 1.54) is 0 Å². The average Bonchev–Trinajstić information content (AvgIpc) is 2.82. The first kappa shape index (κ1) is 21.5. The van der Waals surface area contributed by atoms with Crippen LogP contribution in [0, 0.1) is 6.92 Å². The third-order valence-electron chi connectivity index (χ3n) is 6.64. The lowest BCUT2D eigenvalue weighted by Gasteiger charge is -2.35. The molecule has 0 radical (unpaired) electrons. The van der Waals surface area contributed by atoms with Crippen LogP contribution >= 0.6 is 0 Å². The normalized spacial score (nSPS) is 18.9. The summed E-state index contributed by atoms with van der Waals surface area (Å²) in [4.78, 5) is 42.9. The zero-order valence-corrected chi connectivity index (χ0v) is 19.0. The van der Waals surface area contributed by atoms with Gasteiger partial charge in [0.15, 0.2) is 0 Å². The fourth-order valence-corrected chi connectivity index (χ4v) is 4.85. The number of aromatic nitrogens is 3. The Morgan fingerprint density at radius 3 is 2.94 bits per heavy atom. The molecule has 5 rings (SSSR count). The summed E-state index contributed by atoms with van der Waals surface area (Å²) in [5.74, 6) is 1.44. The number of piperidine rings is 1. The Kier molecular flexibility index (Phi) is 5.76. The second-order valence-corrected chi connectivity index (χ2v) is 8.86. The van der Waals surface area contributed by atoms with E-state index in [4.69, 9.17) is 9.97 Å². The number of hydrogen-bond donors (Lipinski definition) is 1. The number of rotatable bonds is 4. The van der Waals surface area contributed by atoms with Gasteiger partial charge in [-0.15, -0.1) is 0 Å². The molecule has 2 aliphatic rings. The number of carbonyl (C=O) groups excluding carboxylic acids is 2. The minimum absolute atomic E-state index is 0.0419. The first-order chi connectivity index (χ1) is 16.0. The van der Waals surface area contributed by atoms with E-state index in [-0.39, 0.29) is 24.4 Å². The molecular formula is C25H28N6O2. The molecule has 3 aromatic rings. The van der Waals surface area contributed by atoms with Gasteiger partial charge in [-0.3, -0.25) is 24.4 Å². The zero-order chi connectivity index (χ0) is 22.9. The van der Waals surface area contributed by atoms with Gasteiger partial charge in [0.25, 0.3) is 0 Å². The van der Waals surface area contributed by atoms with Crippen molar-refractivity contribution in [3.05, 3.63) is 53.6 Å². The van der Waals surface area contributed by atoms with Gasteiger partial charge in [-0.05, 0) is 57.0 Å². The highest BCUT2D eigenvalue weighted by atomic mass is 16.2. The SMILES string of the molecule is Cc1nc([C@H]2CCCCN2CC(=O)Nc2ccc3ncccc3c2)nc2c1CCC(=O)N2C. The van der Waals surface area contributed by atoms with Crippen molar-refractivity contribution in [1.29, 1.82) is 0 Å². The Morgan fingerprint density at radius 1 is 1.18 bits per heavy atom. The van der Waals surface area contributed by atoms with E-state index in [1.807, 2.05) is 37.3 Å². The van der Waals surface area contributed by atoms with Crippen molar-refractivity contribution >= 4 is 34.2 Å². The van der Waals surface area contributed by atoms with Crippen molar-refractivity contribution in [3.8, 4) is 0 Å². The van der Waals surface area contributed by atoms with E-state index in [0.29, 0.717) is 24.5 Å². The molecule has 1 N–H and O–H groups in total. The molecule has 8 nitrogen and oxygen atoms in total. The molecule has 0 saturated carbocycles. The number of pyridine rings is 1. The number of aryl methyl sites for hydroxylation is 1. The van der Waals surface area contributed by atoms with E-state index >= 15 is 0 Å². The molecule has 33 heavy (non-hydrogen) atoms. The summed E-state index contributed by atoms with van der Waals surface area (Å²) < 4.78 is 0. The van der Waals surface area contributed by atoms with Gasteiger partial charge in [-0.1, -0.05) is 12.5 Å². The van der Waals surface area contributed by atoms with Crippen LogP contribution in [0.4, 0.5) is 11.5 Å². The van der Waals surface area contributed by atoms with Gasteiger partial charge < -0.3 is 5.32 Å². The van der Waals surface area contributed by atoms with E-state index < -0.39 is 0 Å². The maximum Gasteiger partial charge on any atom is 0.238 e. The fourth-order valence-electron chi connectivity index (χ4n) is 4.85. The second-order valence-electron chi connectivity index (χ2n) is 8.86. The topological polar surface area (TPSA) is 91.3 Å². The Labute approximate surface area is 193 Å². The molecule has 1 fully saturated rings. The smallest absolute Gasteiger partial charge is 0.238 e. The number of fused-ring (bicyclic) bond motifs is 2. The largest absolute Gasteiger partial charge is 0.325 e. The predicted octanol–water partition coefficient (Wildman–Crippen LogP) is 3.41. The van der Waals surface area contributed by atoms with E-state index in [2.05, 4.69) is 15.2 Å². The molecule has 8 heteroatoms. The zero-order valence-electron chi connectivity index (χ0n) is 19.0. The van der Waals surface area contributed by atoms with Crippen LogP contribution in [0.1, 0.15) is 48.8 Å². The summed E-state index contributed by atoms with van der Waals surface area (Å²) >= 11 is 0. The first-order valence-electron chi connectivity index (χ1n) is 11.5. The minimum atomic E-state index is -0.0629. The molecule has 2 aliphatic heterocycles. The molecule has 0 spiro atoms. The molecule has 0 aliphatic carbocycles. The van der Waals surface area contributed by atoms with Crippen molar-refractivity contribution in [3.63, 3.8) is 0 Å². The number of hydrogen-bond acceptors (Lipinski definition) is 6. The summed E-state index contributed by atoms with van der Waals surface area (Å²) in [6.07, 6.45) is 5.93. The van der Waals surface area contributed by atoms with E-state index in [9.17, 15) is 9.59 Å². The van der Waals surface area contributed by atoms with Crippen LogP contribution in [0.3, 0.4) is 0 Å². The number of likely N-dealkylation sites (tertiary alicyclic amines) is 1. The van der Waals surface area contributed by atoms with Gasteiger partial charge in [-0.2, -0.15) is 0 Å². The number of nitrogens with zero attached hydrogens (tertiary/aromatic N) is 5. The quantitative estimate of drug-likeness (QED) is 0.663. The summed E-state index contributed by atoms with van der Waals surface area (Å²) in [5, 5.41) is 4.01. The lowest BCUT2D eigenvalue weighted by atomic mass is 9.99. The summed E-state index contributed by atoms with van der Waals surface area (Å²) in [6, 6.07) is 9.56. The van der Waals surface area contributed by atoms with Crippen molar-refractivity contribution < 1.29 is 9.59 Å². The van der Waals surface area contributed by atoms with Gasteiger partial charge in [0.2, 0.25) is 11.8 Å². The fraction of sp³-hybridized carbons (Fsp3) is 0.400. The van der Waals surface area contributed by atoms with E-state index in [1.54, 1.807) is 18.1 Å². The molecular weight excluding hydrogens is 416 g/mol. The average molecular weight is 445 g/mol. The summed E-state index contributed by atoms with van der Waals surface area (Å²) in [5.41, 5.74) is 3.63. The standard InChI is InChI=1S/C25H28N6O2/c1-16-19-9-11-23(33)30(2)25(19)29-24(27-16)21-7-3-4-13-31(21)15-22(32)28-18-8-10-20-17(14-18)6-5-12-26-20/h5-6,8,10,12,14,21H,3-4,7,9,11,13,15H2,1-2H3,(H,28,32)/t21-/m1/s1. The van der Waals surface area contributed by atoms with Gasteiger partial charge in [-0.25, -0.2) is 9.97 Å². The molecule has 2 aromatic heterocycles. The highest BCUT2D eigenvalue weighted by Crippen LogP contribution is 2.33. The van der Waals surface area contributed by atoms with Crippen molar-refractivity contribution in [2.24, 2.45) is 0 Å². The molecule has 0 unspecified atom stereocenters. The Hall–Kier alpha value is -3.39. The van der Waals surface area contributed by atoms with Crippen molar-refractivity contribution in [2.75, 3.05) is 30.4 Å². The molecule has 1 saturated heterocycles. The summed E-state index contributed by atoms with van der Waals surface area (Å²) in [7, 11) is 1.78. The van der Waals surface area contributed by atoms with Crippen LogP contribution in [0.25, 0.3) is 10.9 Å². The lowest BCUT2D eigenvalue weighted by Crippen LogP contribution is -2.40. The number of amides is 2. The number of carbonyl (C=O) groups is 2. The Bertz CT molecular complexity index is 1230. The van der Waals surface area contributed by atoms with Gasteiger partial charge >= 0.3 is 0 Å². The first-order valence-corrected chi connectivity index (χ1v) is 11.5. The maximum atomic E-state index is 12.9. The Morgan fingerprint density at radius 2 is 2.06 bits per heavy atom. The maximum absolute atomic E-state index is 12.9. The monoisotopic (exact) mass is 444 g/mol. The van der Waals surface area contributed by atoms with Crippen molar-refractivity contribution in [1.82, 2.24) is 19.9 Å². The number of nitrogens with one attached hydrogen (secondary N) is 1.